The Bertz CT molecular complexity index is 864. The molecule has 0 radical (unpaired) electrons. The van der Waals surface area contributed by atoms with E-state index in [1.54, 1.807) is 24.3 Å². The van der Waals surface area contributed by atoms with Gasteiger partial charge in [-0.1, -0.05) is 0 Å². The largest absolute Gasteiger partial charge is 0.508 e. The molecular formula is C14H16N8O3. The van der Waals surface area contributed by atoms with Gasteiger partial charge >= 0.3 is 6.03 Å². The number of phenolic OH excluding ortho intramolecular Hbond substituents is 1. The van der Waals surface area contributed by atoms with Crippen LogP contribution in [0.15, 0.2) is 30.6 Å². The molecule has 2 amide bonds. The summed E-state index contributed by atoms with van der Waals surface area (Å²) in [5.41, 5.74) is 3.29. The number of hydrogen-bond acceptors (Lipinski definition) is 8. The number of carbonyl (C=O) groups is 1. The topological polar surface area (TPSA) is 160 Å². The maximum atomic E-state index is 10.9. The summed E-state index contributed by atoms with van der Waals surface area (Å²) in [6.45, 7) is 0.643. The third kappa shape index (κ3) is 4.03. The Hall–Kier alpha value is -3.60. The summed E-state index contributed by atoms with van der Waals surface area (Å²) >= 11 is 0. The van der Waals surface area contributed by atoms with Crippen molar-refractivity contribution in [1.82, 2.24) is 30.7 Å². The number of imidazole rings is 1. The molecule has 11 heteroatoms. The zero-order chi connectivity index (χ0) is 17.6. The Morgan fingerprint density at radius 2 is 1.96 bits per heavy atom. The van der Waals surface area contributed by atoms with Crippen LogP contribution in [0.3, 0.4) is 0 Å². The molecule has 0 aliphatic carbocycles. The third-order valence-electron chi connectivity index (χ3n) is 3.21. The maximum absolute atomic E-state index is 10.9. The van der Waals surface area contributed by atoms with Crippen molar-refractivity contribution in [1.29, 1.82) is 0 Å². The second kappa shape index (κ2) is 7.31. The number of fused-ring (bicyclic) bond motifs is 1. The van der Waals surface area contributed by atoms with Gasteiger partial charge in [-0.3, -0.25) is 5.21 Å². The van der Waals surface area contributed by atoms with E-state index in [1.165, 1.54) is 11.8 Å². The fourth-order valence-electron chi connectivity index (χ4n) is 2.09. The maximum Gasteiger partial charge on any atom is 0.338 e. The summed E-state index contributed by atoms with van der Waals surface area (Å²) < 4.78 is 0. The van der Waals surface area contributed by atoms with Crippen LogP contribution in [0.25, 0.3) is 11.2 Å². The predicted octanol–water partition coefficient (Wildman–Crippen LogP) is 0.902. The molecule has 0 aliphatic heterocycles. The standard InChI is InChI=1S/C14H16N8O3/c23-9-3-1-8(2-4-9)19-13-20-11(10-12(21-13)18-7-17-10)15-5-6-16-14(24)22-25/h1-4,7,23,25H,5-6H2,(H2,16,22,24)(H3,15,17,18,19,20,21). The minimum absolute atomic E-state index is 0.163. The van der Waals surface area contributed by atoms with Gasteiger partial charge in [0, 0.05) is 18.8 Å². The first-order valence-electron chi connectivity index (χ1n) is 7.34. The van der Waals surface area contributed by atoms with Crippen molar-refractivity contribution >= 4 is 34.6 Å². The molecular weight excluding hydrogens is 328 g/mol. The number of aromatic amines is 1. The monoisotopic (exact) mass is 344 g/mol. The summed E-state index contributed by atoms with van der Waals surface area (Å²) in [6, 6.07) is 5.79. The van der Waals surface area contributed by atoms with E-state index in [2.05, 4.69) is 35.9 Å². The van der Waals surface area contributed by atoms with Crippen molar-refractivity contribution < 1.29 is 15.1 Å². The van der Waals surface area contributed by atoms with Gasteiger partial charge < -0.3 is 26.0 Å². The van der Waals surface area contributed by atoms with Crippen molar-refractivity contribution in [3.8, 4) is 5.75 Å². The van der Waals surface area contributed by atoms with Crippen molar-refractivity contribution in [2.45, 2.75) is 0 Å². The number of aromatic hydroxyl groups is 1. The van der Waals surface area contributed by atoms with Gasteiger partial charge in [-0.05, 0) is 24.3 Å². The van der Waals surface area contributed by atoms with E-state index < -0.39 is 6.03 Å². The molecule has 7 N–H and O–H groups in total. The van der Waals surface area contributed by atoms with Crippen LogP contribution in [0, 0.1) is 0 Å². The Balaban J connectivity index is 1.74. The van der Waals surface area contributed by atoms with Gasteiger partial charge in [0.1, 0.15) is 11.3 Å². The zero-order valence-corrected chi connectivity index (χ0v) is 12.9. The molecule has 0 spiro atoms. The number of rotatable bonds is 6. The van der Waals surface area contributed by atoms with Crippen molar-refractivity contribution in [2.24, 2.45) is 0 Å². The summed E-state index contributed by atoms with van der Waals surface area (Å²) in [4.78, 5) is 26.7. The average molecular weight is 344 g/mol. The zero-order valence-electron chi connectivity index (χ0n) is 12.9. The number of nitrogens with one attached hydrogen (secondary N) is 5. The first-order valence-corrected chi connectivity index (χ1v) is 7.34. The Kier molecular flexibility index (Phi) is 4.76. The first-order chi connectivity index (χ1) is 12.2. The van der Waals surface area contributed by atoms with E-state index in [9.17, 15) is 9.90 Å². The van der Waals surface area contributed by atoms with Crippen molar-refractivity contribution in [2.75, 3.05) is 23.7 Å². The predicted molar refractivity (Wildman–Crippen MR) is 89.9 cm³/mol. The molecule has 3 rings (SSSR count). The number of nitrogens with zero attached hydrogens (tertiary/aromatic N) is 3. The van der Waals surface area contributed by atoms with Gasteiger partial charge in [0.05, 0.1) is 6.33 Å². The average Bonchev–Trinajstić information content (AvgIpc) is 3.09. The number of amides is 2. The number of aromatic nitrogens is 4. The number of urea groups is 1. The van der Waals surface area contributed by atoms with Gasteiger partial charge in [0.2, 0.25) is 5.95 Å². The molecule has 0 unspecified atom stereocenters. The van der Waals surface area contributed by atoms with Gasteiger partial charge in [0.25, 0.3) is 0 Å². The lowest BCUT2D eigenvalue weighted by Gasteiger charge is -2.10. The van der Waals surface area contributed by atoms with Crippen molar-refractivity contribution in [3.63, 3.8) is 0 Å². The van der Waals surface area contributed by atoms with Crippen LogP contribution in [0.1, 0.15) is 0 Å². The van der Waals surface area contributed by atoms with E-state index in [-0.39, 0.29) is 12.3 Å². The molecule has 0 saturated carbocycles. The van der Waals surface area contributed by atoms with Gasteiger partial charge in [-0.25, -0.2) is 15.3 Å². The first kappa shape index (κ1) is 16.3. The highest BCUT2D eigenvalue weighted by Crippen LogP contribution is 2.22. The smallest absolute Gasteiger partial charge is 0.338 e. The molecule has 0 aliphatic rings. The highest BCUT2D eigenvalue weighted by molar-refractivity contribution is 5.84. The van der Waals surface area contributed by atoms with Crippen LogP contribution >= 0.6 is 0 Å². The number of phenols is 1. The van der Waals surface area contributed by atoms with Crippen LogP contribution in [-0.4, -0.2) is 49.4 Å². The van der Waals surface area contributed by atoms with Crippen LogP contribution in [0.5, 0.6) is 5.75 Å². The highest BCUT2D eigenvalue weighted by Gasteiger charge is 2.10. The molecule has 11 nitrogen and oxygen atoms in total. The van der Waals surface area contributed by atoms with Gasteiger partial charge in [-0.15, -0.1) is 0 Å². The Morgan fingerprint density at radius 1 is 1.16 bits per heavy atom. The van der Waals surface area contributed by atoms with Crippen LogP contribution in [0.4, 0.5) is 22.2 Å². The molecule has 130 valence electrons. The molecule has 0 saturated heterocycles. The molecule has 2 aromatic heterocycles. The molecule has 0 fully saturated rings. The SMILES string of the molecule is O=C(NO)NCCNc1nc(Nc2ccc(O)cc2)nc2nc[nH]c12. The Morgan fingerprint density at radius 3 is 2.72 bits per heavy atom. The van der Waals surface area contributed by atoms with Gasteiger partial charge in [0.15, 0.2) is 11.5 Å². The van der Waals surface area contributed by atoms with E-state index in [0.29, 0.717) is 35.2 Å². The summed E-state index contributed by atoms with van der Waals surface area (Å²) in [6.07, 6.45) is 1.51. The number of benzene rings is 1. The number of hydroxylamine groups is 1. The van der Waals surface area contributed by atoms with E-state index >= 15 is 0 Å². The van der Waals surface area contributed by atoms with Crippen molar-refractivity contribution in [3.05, 3.63) is 30.6 Å². The minimum Gasteiger partial charge on any atom is -0.508 e. The number of anilines is 3. The van der Waals surface area contributed by atoms with Crippen LogP contribution in [0.2, 0.25) is 0 Å². The molecule has 0 atom stereocenters. The number of hydrogen-bond donors (Lipinski definition) is 7. The lowest BCUT2D eigenvalue weighted by Crippen LogP contribution is -2.36. The molecule has 0 bridgehead atoms. The fourth-order valence-corrected chi connectivity index (χ4v) is 2.09. The van der Waals surface area contributed by atoms with Crippen LogP contribution < -0.4 is 21.4 Å². The van der Waals surface area contributed by atoms with Crippen LogP contribution in [-0.2, 0) is 0 Å². The normalized spacial score (nSPS) is 10.4. The highest BCUT2D eigenvalue weighted by atomic mass is 16.5. The van der Waals surface area contributed by atoms with E-state index in [4.69, 9.17) is 5.21 Å². The minimum atomic E-state index is -0.689. The van der Waals surface area contributed by atoms with Gasteiger partial charge in [-0.2, -0.15) is 9.97 Å². The molecule has 1 aromatic carbocycles. The quantitative estimate of drug-likeness (QED) is 0.150. The summed E-state index contributed by atoms with van der Waals surface area (Å²) in [5.74, 6) is 1.000. The second-order valence-corrected chi connectivity index (χ2v) is 4.96. The number of carbonyl (C=O) groups excluding carboxylic acids is 1. The molecule has 2 heterocycles. The summed E-state index contributed by atoms with van der Waals surface area (Å²) in [7, 11) is 0. The fraction of sp³-hybridized carbons (Fsp3) is 0.143. The number of H-pyrrole nitrogens is 1. The molecule has 3 aromatic rings. The van der Waals surface area contributed by atoms with E-state index in [0.717, 1.165) is 0 Å². The summed E-state index contributed by atoms with van der Waals surface area (Å²) in [5, 5.41) is 26.3. The Labute approximate surface area is 141 Å². The molecule has 25 heavy (non-hydrogen) atoms. The van der Waals surface area contributed by atoms with E-state index in [1.807, 2.05) is 0 Å². The second-order valence-electron chi connectivity index (χ2n) is 4.96. The lowest BCUT2D eigenvalue weighted by molar-refractivity contribution is 0.162. The third-order valence-corrected chi connectivity index (χ3v) is 3.21. The lowest BCUT2D eigenvalue weighted by atomic mass is 10.3.